The fourth-order valence-corrected chi connectivity index (χ4v) is 6.05. The third kappa shape index (κ3) is 6.64. The van der Waals surface area contributed by atoms with Crippen LogP contribution in [0.4, 0.5) is 17.3 Å². The first-order valence-corrected chi connectivity index (χ1v) is 9.28. The van der Waals surface area contributed by atoms with E-state index in [1.165, 1.54) is 11.1 Å². The van der Waals surface area contributed by atoms with Crippen molar-refractivity contribution < 1.29 is 17.3 Å². The Balaban J connectivity index is 0.000000505. The largest absolute Gasteiger partial charge is 0.673 e. The number of rotatable bonds is 2. The molecule has 0 saturated heterocycles. The van der Waals surface area contributed by atoms with E-state index in [0.29, 0.717) is 5.16 Å². The maximum Gasteiger partial charge on any atom is 0.673 e. The maximum absolute atomic E-state index is 9.75. The van der Waals surface area contributed by atoms with Crippen LogP contribution in [-0.2, 0) is 0 Å². The molecule has 0 aliphatic rings. The Morgan fingerprint density at radius 2 is 1.00 bits per heavy atom. The first kappa shape index (κ1) is 20.7. The summed E-state index contributed by atoms with van der Waals surface area (Å²) in [5.74, 6) is 0. The van der Waals surface area contributed by atoms with Crippen LogP contribution in [0, 0.1) is 13.8 Å². The summed E-state index contributed by atoms with van der Waals surface area (Å²) >= 11 is 0. The van der Waals surface area contributed by atoms with Gasteiger partial charge in [0.05, 0.1) is 13.1 Å². The van der Waals surface area contributed by atoms with Crippen molar-refractivity contribution in [1.82, 2.24) is 0 Å². The van der Waals surface area contributed by atoms with Gasteiger partial charge in [-0.15, -0.1) is 0 Å². The number of hydrogen-bond acceptors (Lipinski definition) is 0. The topological polar surface area (TPSA) is 0 Å². The fourth-order valence-electron chi connectivity index (χ4n) is 2.66. The van der Waals surface area contributed by atoms with Gasteiger partial charge < -0.3 is 17.3 Å². The molecule has 0 unspecified atom stereocenters. The zero-order valence-electron chi connectivity index (χ0n) is 14.7. The van der Waals surface area contributed by atoms with Crippen LogP contribution in [0.5, 0.6) is 0 Å². The predicted molar refractivity (Wildman–Crippen MR) is 99.9 cm³/mol. The minimum absolute atomic E-state index is 0.308. The first-order valence-electron chi connectivity index (χ1n) is 7.78. The van der Waals surface area contributed by atoms with E-state index < -0.39 is 15.2 Å². The highest BCUT2D eigenvalue weighted by molar-refractivity contribution is 7.74. The van der Waals surface area contributed by atoms with E-state index >= 15 is 0 Å². The molecule has 0 spiro atoms. The van der Waals surface area contributed by atoms with Crippen LogP contribution in [0.25, 0.3) is 0 Å². The first-order chi connectivity index (χ1) is 10.9. The number of benzene rings is 2. The van der Waals surface area contributed by atoms with Gasteiger partial charge in [0.25, 0.3) is 0 Å². The summed E-state index contributed by atoms with van der Waals surface area (Å²) in [5.41, 5.74) is 2.85. The van der Waals surface area contributed by atoms with Crippen molar-refractivity contribution in [3.05, 3.63) is 59.7 Å². The molecule has 0 N–H and O–H groups in total. The normalized spacial score (nSPS) is 11.9. The van der Waals surface area contributed by atoms with Gasteiger partial charge in [0.1, 0.15) is 10.6 Å². The smallest absolute Gasteiger partial charge is 0.418 e. The highest BCUT2D eigenvalue weighted by atomic mass is 31.1. The molecule has 132 valence electrons. The molecule has 0 fully saturated rings. The summed E-state index contributed by atoms with van der Waals surface area (Å²) in [6.07, 6.45) is 0. The second-order valence-electron chi connectivity index (χ2n) is 6.75. The predicted octanol–water partition coefficient (Wildman–Crippen LogP) is 5.57. The molecule has 0 aliphatic carbocycles. The molecule has 2 aromatic carbocycles. The molecule has 2 aromatic rings. The van der Waals surface area contributed by atoms with E-state index in [9.17, 15) is 17.3 Å². The molecule has 0 heterocycles. The van der Waals surface area contributed by atoms with Crippen LogP contribution in [0.15, 0.2) is 48.5 Å². The van der Waals surface area contributed by atoms with Gasteiger partial charge in [-0.25, -0.2) is 0 Å². The summed E-state index contributed by atoms with van der Waals surface area (Å²) in [4.78, 5) is 0. The molecule has 0 bridgehead atoms. The van der Waals surface area contributed by atoms with Gasteiger partial charge in [0.15, 0.2) is 0 Å². The van der Waals surface area contributed by atoms with Crippen molar-refractivity contribution in [1.29, 1.82) is 0 Å². The second kappa shape index (κ2) is 8.16. The lowest BCUT2D eigenvalue weighted by Crippen LogP contribution is -2.28. The van der Waals surface area contributed by atoms with Gasteiger partial charge >= 0.3 is 7.25 Å². The maximum atomic E-state index is 9.75. The third-order valence-corrected chi connectivity index (χ3v) is 7.28. The molecule has 0 aromatic heterocycles. The minimum Gasteiger partial charge on any atom is -0.418 e. The second-order valence-corrected chi connectivity index (χ2v) is 10.1. The zero-order valence-corrected chi connectivity index (χ0v) is 15.7. The van der Waals surface area contributed by atoms with Gasteiger partial charge in [-0.1, -0.05) is 36.4 Å². The monoisotopic (exact) mass is 358 g/mol. The minimum atomic E-state index is -6.00. The molecule has 0 nitrogen and oxygen atoms in total. The third-order valence-electron chi connectivity index (χ3n) is 3.58. The van der Waals surface area contributed by atoms with Crippen molar-refractivity contribution in [3.8, 4) is 0 Å². The average molecular weight is 358 g/mol. The van der Waals surface area contributed by atoms with Crippen LogP contribution in [0.2, 0.25) is 0 Å². The number of hydrogen-bond donors (Lipinski definition) is 0. The van der Waals surface area contributed by atoms with Gasteiger partial charge in [0.2, 0.25) is 0 Å². The van der Waals surface area contributed by atoms with Crippen molar-refractivity contribution >= 4 is 25.8 Å². The summed E-state index contributed by atoms with van der Waals surface area (Å²) in [5, 5.41) is 3.41. The molecule has 24 heavy (non-hydrogen) atoms. The fraction of sp³-hybridized carbons (Fsp3) is 0.333. The van der Waals surface area contributed by atoms with Crippen molar-refractivity contribution in [2.24, 2.45) is 0 Å². The van der Waals surface area contributed by atoms with Gasteiger partial charge in [0, 0.05) is 0 Å². The molecule has 2 rings (SSSR count). The Kier molecular flexibility index (Phi) is 7.03. The van der Waals surface area contributed by atoms with E-state index in [1.54, 1.807) is 10.6 Å². The summed E-state index contributed by atoms with van der Waals surface area (Å²) in [6, 6.07) is 17.8. The lowest BCUT2D eigenvalue weighted by atomic mass is 10.2. The van der Waals surface area contributed by atoms with E-state index in [0.717, 1.165) is 0 Å². The zero-order chi connectivity index (χ0) is 18.5. The lowest BCUT2D eigenvalue weighted by molar-refractivity contribution is 0.368. The average Bonchev–Trinajstić information content (AvgIpc) is 2.40. The molecule has 0 atom stereocenters. The number of halogens is 4. The van der Waals surface area contributed by atoms with E-state index in [-0.39, 0.29) is 0 Å². The molecule has 0 saturated carbocycles. The highest BCUT2D eigenvalue weighted by Crippen LogP contribution is 2.48. The van der Waals surface area contributed by atoms with Crippen molar-refractivity contribution in [2.45, 2.75) is 39.8 Å². The van der Waals surface area contributed by atoms with Crippen LogP contribution >= 0.6 is 7.92 Å². The Morgan fingerprint density at radius 3 is 1.25 bits per heavy atom. The molecule has 0 radical (unpaired) electrons. The van der Waals surface area contributed by atoms with Crippen LogP contribution in [0.3, 0.4) is 0 Å². The lowest BCUT2D eigenvalue weighted by Gasteiger charge is -2.26. The van der Waals surface area contributed by atoms with Crippen LogP contribution in [0.1, 0.15) is 31.9 Å². The quantitative estimate of drug-likeness (QED) is 0.374. The Hall–Kier alpha value is -1.35. The molecule has 0 amide bonds. The van der Waals surface area contributed by atoms with Crippen LogP contribution in [-0.4, -0.2) is 12.4 Å². The van der Waals surface area contributed by atoms with Crippen molar-refractivity contribution in [2.75, 3.05) is 0 Å². The van der Waals surface area contributed by atoms with E-state index in [2.05, 4.69) is 83.1 Å². The van der Waals surface area contributed by atoms with Gasteiger partial charge in [-0.05, 0) is 57.9 Å². The van der Waals surface area contributed by atoms with E-state index in [1.807, 2.05) is 0 Å². The highest BCUT2D eigenvalue weighted by Gasteiger charge is 2.37. The Labute approximate surface area is 143 Å². The molecule has 6 heteroatoms. The van der Waals surface area contributed by atoms with Gasteiger partial charge in [-0.3, -0.25) is 0 Å². The molecular formula is C18H24BF4P. The van der Waals surface area contributed by atoms with E-state index in [4.69, 9.17) is 0 Å². The summed E-state index contributed by atoms with van der Waals surface area (Å²) in [6.45, 7) is 11.6. The Morgan fingerprint density at radius 1 is 0.708 bits per heavy atom. The molecular weight excluding hydrogens is 334 g/mol. The summed E-state index contributed by atoms with van der Waals surface area (Å²) < 4.78 is 39.0. The SMILES string of the molecule is Cc1ccccc1[PH+](c1ccccc1C)C(C)(C)C.F[B-](F)(F)F. The summed E-state index contributed by atoms with van der Waals surface area (Å²) in [7, 11) is -6.78. The van der Waals surface area contributed by atoms with Crippen molar-refractivity contribution in [3.63, 3.8) is 0 Å². The number of aryl methyl sites for hydroxylation is 2. The van der Waals surface area contributed by atoms with Crippen LogP contribution < -0.4 is 10.6 Å². The Bertz CT molecular complexity index is 611. The molecule has 0 aliphatic heterocycles. The standard InChI is InChI=1S/C18H23P.BF4/c1-14-10-6-8-12-16(14)19(18(3,4)5)17-13-9-7-11-15(17)2;2-1(3,4)5/h6-13H,1-5H3;/q;-1/p+1. The van der Waals surface area contributed by atoms with Gasteiger partial charge in [-0.2, -0.15) is 0 Å².